The van der Waals surface area contributed by atoms with Gasteiger partial charge >= 0.3 is 0 Å². The third-order valence-electron chi connectivity index (χ3n) is 4.18. The zero-order valence-electron chi connectivity index (χ0n) is 15.7. The lowest BCUT2D eigenvalue weighted by Gasteiger charge is -2.15. The van der Waals surface area contributed by atoms with Crippen molar-refractivity contribution < 1.29 is 0 Å². The molecule has 0 bridgehead atoms. The van der Waals surface area contributed by atoms with E-state index in [2.05, 4.69) is 52.0 Å². The second-order valence-corrected chi connectivity index (χ2v) is 6.76. The molecule has 0 atom stereocenters. The average Bonchev–Trinajstić information content (AvgIpc) is 2.76. The molecule has 0 spiro atoms. The maximum atomic E-state index is 6.55. The molecule has 28 heavy (non-hydrogen) atoms. The van der Waals surface area contributed by atoms with Crippen molar-refractivity contribution >= 4 is 17.8 Å². The minimum atomic E-state index is 0.558. The maximum absolute atomic E-state index is 6.55. The Morgan fingerprint density at radius 2 is 1.11 bits per heavy atom. The van der Waals surface area contributed by atoms with Crippen LogP contribution in [0, 0.1) is 0 Å². The van der Waals surface area contributed by atoms with Crippen molar-refractivity contribution in [3.8, 4) is 0 Å². The predicted octanol–water partition coefficient (Wildman–Crippen LogP) is 5.24. The molecule has 0 amide bonds. The highest BCUT2D eigenvalue weighted by molar-refractivity contribution is 6.39. The molecule has 3 aromatic carbocycles. The minimum Gasteiger partial charge on any atom is -0.367 e. The van der Waals surface area contributed by atoms with Gasteiger partial charge in [0.05, 0.1) is 11.6 Å². The molecule has 142 valence electrons. The first-order valence-corrected chi connectivity index (χ1v) is 9.68. The van der Waals surface area contributed by atoms with Gasteiger partial charge in [0.2, 0.25) is 0 Å². The van der Waals surface area contributed by atoms with Crippen LogP contribution < -0.4 is 10.6 Å². The van der Waals surface area contributed by atoms with Gasteiger partial charge < -0.3 is 10.6 Å². The average molecular weight is 390 g/mol. The first-order chi connectivity index (χ1) is 13.8. The summed E-state index contributed by atoms with van der Waals surface area (Å²) in [6.07, 6.45) is 1.71. The Hall–Kier alpha value is -3.04. The number of hydrogen-bond acceptors (Lipinski definition) is 3. The number of benzene rings is 3. The van der Waals surface area contributed by atoms with E-state index in [4.69, 9.17) is 11.6 Å². The molecule has 3 nitrogen and oxygen atoms in total. The van der Waals surface area contributed by atoms with Gasteiger partial charge in [0.1, 0.15) is 5.82 Å². The van der Waals surface area contributed by atoms with E-state index < -0.39 is 0 Å². The Morgan fingerprint density at radius 1 is 0.679 bits per heavy atom. The van der Waals surface area contributed by atoms with Crippen molar-refractivity contribution in [1.29, 1.82) is 0 Å². The molecule has 4 heteroatoms. The Morgan fingerprint density at radius 3 is 1.57 bits per heavy atom. The molecule has 2 N–H and O–H groups in total. The maximum Gasteiger partial charge on any atom is 0.120 e. The third-order valence-corrected chi connectivity index (χ3v) is 4.47. The van der Waals surface area contributed by atoms with Crippen LogP contribution in [0.2, 0.25) is 0 Å². The first-order valence-electron chi connectivity index (χ1n) is 9.30. The molecular weight excluding hydrogens is 366 g/mol. The SMILES string of the molecule is ClC(C=NCc1ccccc1)=C(NCc1ccccc1)NCc1ccccc1. The summed E-state index contributed by atoms with van der Waals surface area (Å²) in [6.45, 7) is 1.96. The van der Waals surface area contributed by atoms with E-state index in [9.17, 15) is 0 Å². The molecule has 0 aliphatic rings. The lowest BCUT2D eigenvalue weighted by Crippen LogP contribution is -2.27. The highest BCUT2D eigenvalue weighted by Crippen LogP contribution is 2.08. The molecule has 0 aromatic heterocycles. The van der Waals surface area contributed by atoms with Crippen molar-refractivity contribution in [2.24, 2.45) is 4.99 Å². The van der Waals surface area contributed by atoms with Gasteiger partial charge in [0.15, 0.2) is 0 Å². The molecule has 0 unspecified atom stereocenters. The molecule has 0 aliphatic heterocycles. The summed E-state index contributed by atoms with van der Waals surface area (Å²) in [4.78, 5) is 4.48. The molecule has 3 aromatic rings. The van der Waals surface area contributed by atoms with Crippen molar-refractivity contribution in [2.45, 2.75) is 19.6 Å². The molecule has 3 rings (SSSR count). The Balaban J connectivity index is 1.68. The Kier molecular flexibility index (Phi) is 7.71. The van der Waals surface area contributed by atoms with Gasteiger partial charge in [-0.1, -0.05) is 103 Å². The van der Waals surface area contributed by atoms with E-state index in [1.807, 2.05) is 54.6 Å². The van der Waals surface area contributed by atoms with Gasteiger partial charge in [-0.3, -0.25) is 4.99 Å². The van der Waals surface area contributed by atoms with Gasteiger partial charge in [-0.25, -0.2) is 0 Å². The summed E-state index contributed by atoms with van der Waals surface area (Å²) in [5, 5.41) is 7.36. The van der Waals surface area contributed by atoms with E-state index in [1.54, 1.807) is 6.21 Å². The second kappa shape index (κ2) is 11.0. The van der Waals surface area contributed by atoms with Crippen molar-refractivity contribution in [3.05, 3.63) is 119 Å². The minimum absolute atomic E-state index is 0.558. The van der Waals surface area contributed by atoms with E-state index in [0.717, 1.165) is 11.4 Å². The number of aliphatic imine (C=N–C) groups is 1. The topological polar surface area (TPSA) is 36.4 Å². The fourth-order valence-corrected chi connectivity index (χ4v) is 2.89. The van der Waals surface area contributed by atoms with Crippen LogP contribution in [0.5, 0.6) is 0 Å². The quantitative estimate of drug-likeness (QED) is 0.490. The van der Waals surface area contributed by atoms with Crippen LogP contribution in [0.25, 0.3) is 0 Å². The predicted molar refractivity (Wildman–Crippen MR) is 118 cm³/mol. The molecule has 0 heterocycles. The summed E-state index contributed by atoms with van der Waals surface area (Å²) >= 11 is 6.55. The normalized spacial score (nSPS) is 10.6. The van der Waals surface area contributed by atoms with Crippen LogP contribution in [0.1, 0.15) is 16.7 Å². The number of hydrogen-bond donors (Lipinski definition) is 2. The summed E-state index contributed by atoms with van der Waals surface area (Å²) in [7, 11) is 0. The van der Waals surface area contributed by atoms with Gasteiger partial charge in [-0.2, -0.15) is 0 Å². The summed E-state index contributed by atoms with van der Waals surface area (Å²) in [6, 6.07) is 30.6. The molecule has 0 radical (unpaired) electrons. The van der Waals surface area contributed by atoms with E-state index in [0.29, 0.717) is 24.7 Å². The summed E-state index contributed by atoms with van der Waals surface area (Å²) in [5.41, 5.74) is 3.53. The van der Waals surface area contributed by atoms with Crippen LogP contribution in [-0.4, -0.2) is 6.21 Å². The summed E-state index contributed by atoms with van der Waals surface area (Å²) < 4.78 is 0. The van der Waals surface area contributed by atoms with E-state index >= 15 is 0 Å². The molecule has 0 aliphatic carbocycles. The molecule has 0 saturated heterocycles. The Bertz CT molecular complexity index is 845. The first kappa shape index (κ1) is 19.7. The third kappa shape index (κ3) is 6.60. The van der Waals surface area contributed by atoms with Gasteiger partial charge in [0.25, 0.3) is 0 Å². The fourth-order valence-electron chi connectivity index (χ4n) is 2.68. The van der Waals surface area contributed by atoms with Crippen LogP contribution in [-0.2, 0) is 19.6 Å². The van der Waals surface area contributed by atoms with Gasteiger partial charge in [0, 0.05) is 19.3 Å². The lowest BCUT2D eigenvalue weighted by atomic mass is 10.2. The number of halogens is 1. The number of allylic oxidation sites excluding steroid dienone is 1. The van der Waals surface area contributed by atoms with Crippen molar-refractivity contribution in [1.82, 2.24) is 10.6 Å². The number of nitrogens with zero attached hydrogens (tertiary/aromatic N) is 1. The molecular formula is C24H24ClN3. The van der Waals surface area contributed by atoms with Crippen molar-refractivity contribution in [3.63, 3.8) is 0 Å². The molecule has 0 saturated carbocycles. The van der Waals surface area contributed by atoms with E-state index in [1.165, 1.54) is 11.1 Å². The molecule has 0 fully saturated rings. The van der Waals surface area contributed by atoms with Crippen LogP contribution in [0.15, 0.2) is 107 Å². The van der Waals surface area contributed by atoms with E-state index in [-0.39, 0.29) is 0 Å². The monoisotopic (exact) mass is 389 g/mol. The smallest absolute Gasteiger partial charge is 0.120 e. The largest absolute Gasteiger partial charge is 0.367 e. The van der Waals surface area contributed by atoms with Crippen molar-refractivity contribution in [2.75, 3.05) is 0 Å². The van der Waals surface area contributed by atoms with Crippen LogP contribution in [0.3, 0.4) is 0 Å². The standard InChI is InChI=1S/C24H24ClN3/c25-23(19-26-16-20-10-4-1-5-11-20)24(27-17-21-12-6-2-7-13-21)28-18-22-14-8-3-9-15-22/h1-15,19,27-28H,16-18H2. The Labute approximate surface area is 171 Å². The zero-order chi connectivity index (χ0) is 19.4. The second-order valence-electron chi connectivity index (χ2n) is 6.36. The van der Waals surface area contributed by atoms with Crippen LogP contribution in [0.4, 0.5) is 0 Å². The highest BCUT2D eigenvalue weighted by Gasteiger charge is 2.04. The summed E-state index contributed by atoms with van der Waals surface area (Å²) in [5.74, 6) is 0.770. The number of nitrogens with one attached hydrogen (secondary N) is 2. The lowest BCUT2D eigenvalue weighted by molar-refractivity contribution is 0.680. The number of rotatable bonds is 9. The fraction of sp³-hybridized carbons (Fsp3) is 0.125. The van der Waals surface area contributed by atoms with Crippen LogP contribution >= 0.6 is 11.6 Å². The van der Waals surface area contributed by atoms with Gasteiger partial charge in [-0.05, 0) is 16.7 Å². The zero-order valence-corrected chi connectivity index (χ0v) is 16.4. The van der Waals surface area contributed by atoms with Gasteiger partial charge in [-0.15, -0.1) is 0 Å². The highest BCUT2D eigenvalue weighted by atomic mass is 35.5.